The number of hydrogen-bond donors (Lipinski definition) is 1. The molecule has 1 N–H and O–H groups in total. The van der Waals surface area contributed by atoms with E-state index < -0.39 is 0 Å². The first-order valence-corrected chi connectivity index (χ1v) is 8.18. The van der Waals surface area contributed by atoms with Gasteiger partial charge in [-0.05, 0) is 26.7 Å². The van der Waals surface area contributed by atoms with E-state index in [1.165, 1.54) is 0 Å². The number of nitrogens with one attached hydrogen (secondary N) is 1. The number of hydrogen-bond acceptors (Lipinski definition) is 5. The molecule has 128 valence electrons. The maximum absolute atomic E-state index is 11.8. The molecule has 8 heteroatoms. The zero-order valence-electron chi connectivity index (χ0n) is 14.2. The van der Waals surface area contributed by atoms with E-state index >= 15 is 0 Å². The smallest absolute Gasteiger partial charge is 0.309 e. The lowest BCUT2D eigenvalue weighted by Gasteiger charge is -2.33. The van der Waals surface area contributed by atoms with E-state index in [1.54, 1.807) is 6.33 Å². The Morgan fingerprint density at radius 3 is 2.74 bits per heavy atom. The van der Waals surface area contributed by atoms with E-state index in [0.717, 1.165) is 44.3 Å². The Hall–Kier alpha value is -2.12. The van der Waals surface area contributed by atoms with Crippen LogP contribution in [0.1, 0.15) is 32.5 Å². The van der Waals surface area contributed by atoms with Crippen molar-refractivity contribution in [3.05, 3.63) is 12.2 Å². The van der Waals surface area contributed by atoms with Gasteiger partial charge in [0.15, 0.2) is 11.8 Å². The molecule has 1 aromatic rings. The van der Waals surface area contributed by atoms with Crippen LogP contribution in [0.2, 0.25) is 0 Å². The van der Waals surface area contributed by atoms with Gasteiger partial charge in [0.25, 0.3) is 0 Å². The Kier molecular flexibility index (Phi) is 6.37. The van der Waals surface area contributed by atoms with Crippen LogP contribution >= 0.6 is 0 Å². The summed E-state index contributed by atoms with van der Waals surface area (Å²) in [5, 5.41) is 11.2. The minimum atomic E-state index is -0.0758. The van der Waals surface area contributed by atoms with Crippen LogP contribution < -0.4 is 5.32 Å². The lowest BCUT2D eigenvalue weighted by molar-refractivity contribution is -0.149. The molecule has 0 aromatic carbocycles. The molecule has 0 spiro atoms. The average molecular weight is 322 g/mol. The first kappa shape index (κ1) is 17.2. The minimum absolute atomic E-state index is 0.00724. The van der Waals surface area contributed by atoms with Gasteiger partial charge in [0, 0.05) is 26.7 Å². The zero-order chi connectivity index (χ0) is 16.7. The number of carbonyl (C=O) groups excluding carboxylic acids is 1. The Labute approximate surface area is 136 Å². The van der Waals surface area contributed by atoms with Gasteiger partial charge in [0.05, 0.1) is 12.5 Å². The Balaban J connectivity index is 1.94. The van der Waals surface area contributed by atoms with Gasteiger partial charge in [-0.1, -0.05) is 0 Å². The summed E-state index contributed by atoms with van der Waals surface area (Å²) in [5.41, 5.74) is 0. The summed E-state index contributed by atoms with van der Waals surface area (Å²) in [6.07, 6.45) is 3.27. The van der Waals surface area contributed by atoms with Gasteiger partial charge in [0.1, 0.15) is 12.9 Å². The largest absolute Gasteiger partial charge is 0.466 e. The molecule has 0 amide bonds. The molecule has 1 aliphatic heterocycles. The molecular weight excluding hydrogens is 296 g/mol. The fraction of sp³-hybridized carbons (Fsp3) is 0.733. The second-order valence-corrected chi connectivity index (χ2v) is 5.54. The molecule has 2 rings (SSSR count). The fourth-order valence-corrected chi connectivity index (χ4v) is 2.61. The quantitative estimate of drug-likeness (QED) is 0.484. The van der Waals surface area contributed by atoms with Crippen LogP contribution in [0.5, 0.6) is 0 Å². The van der Waals surface area contributed by atoms with Gasteiger partial charge >= 0.3 is 5.97 Å². The van der Waals surface area contributed by atoms with Gasteiger partial charge in [-0.2, -0.15) is 0 Å². The molecule has 1 fully saturated rings. The molecule has 1 aromatic heterocycles. The third-order valence-electron chi connectivity index (χ3n) is 3.92. The topological polar surface area (TPSA) is 84.6 Å². The van der Waals surface area contributed by atoms with E-state index in [1.807, 2.05) is 25.5 Å². The maximum atomic E-state index is 11.8. The monoisotopic (exact) mass is 322 g/mol. The van der Waals surface area contributed by atoms with Crippen LogP contribution in [0.25, 0.3) is 0 Å². The van der Waals surface area contributed by atoms with Crippen LogP contribution in [-0.4, -0.2) is 57.8 Å². The summed E-state index contributed by atoms with van der Waals surface area (Å²) in [5.74, 6) is 1.61. The lowest BCUT2D eigenvalue weighted by atomic mass is 9.97. The number of nitrogens with zero attached hydrogens (tertiary/aromatic N) is 5. The van der Waals surface area contributed by atoms with Crippen molar-refractivity contribution in [2.24, 2.45) is 18.0 Å². The lowest BCUT2D eigenvalue weighted by Crippen LogP contribution is -2.46. The zero-order valence-corrected chi connectivity index (χ0v) is 14.2. The average Bonchev–Trinajstić information content (AvgIpc) is 2.97. The molecule has 0 unspecified atom stereocenters. The predicted molar refractivity (Wildman–Crippen MR) is 86.7 cm³/mol. The van der Waals surface area contributed by atoms with E-state index in [2.05, 4.69) is 25.4 Å². The first-order valence-electron chi connectivity index (χ1n) is 8.18. The number of aryl methyl sites for hydroxylation is 1. The van der Waals surface area contributed by atoms with E-state index in [-0.39, 0.29) is 11.9 Å². The molecule has 0 atom stereocenters. The van der Waals surface area contributed by atoms with Crippen molar-refractivity contribution < 1.29 is 9.53 Å². The second kappa shape index (κ2) is 8.50. The van der Waals surface area contributed by atoms with Crippen molar-refractivity contribution in [3.8, 4) is 0 Å². The number of esters is 1. The number of aromatic nitrogens is 3. The third kappa shape index (κ3) is 4.67. The minimum Gasteiger partial charge on any atom is -0.466 e. The molecule has 0 radical (unpaired) electrons. The summed E-state index contributed by atoms with van der Waals surface area (Å²) in [7, 11) is 1.91. The van der Waals surface area contributed by atoms with Crippen molar-refractivity contribution in [2.45, 2.75) is 33.2 Å². The van der Waals surface area contributed by atoms with Crippen molar-refractivity contribution in [2.75, 3.05) is 26.2 Å². The van der Waals surface area contributed by atoms with Crippen molar-refractivity contribution in [1.82, 2.24) is 25.0 Å². The molecular formula is C15H26N6O2. The first-order chi connectivity index (χ1) is 11.2. The highest BCUT2D eigenvalue weighted by Crippen LogP contribution is 2.18. The summed E-state index contributed by atoms with van der Waals surface area (Å²) >= 11 is 0. The third-order valence-corrected chi connectivity index (χ3v) is 3.92. The molecule has 1 aliphatic rings. The van der Waals surface area contributed by atoms with Crippen LogP contribution in [0, 0.1) is 5.92 Å². The number of guanidine groups is 1. The van der Waals surface area contributed by atoms with Gasteiger partial charge in [-0.25, -0.2) is 4.99 Å². The van der Waals surface area contributed by atoms with E-state index in [0.29, 0.717) is 13.2 Å². The molecule has 1 saturated heterocycles. The summed E-state index contributed by atoms with van der Waals surface area (Å²) in [6, 6.07) is 0. The molecule has 2 heterocycles. The highest BCUT2D eigenvalue weighted by molar-refractivity contribution is 5.80. The number of likely N-dealkylation sites (tertiary alicyclic amines) is 1. The van der Waals surface area contributed by atoms with Gasteiger partial charge < -0.3 is 19.5 Å². The number of rotatable bonds is 5. The number of ether oxygens (including phenoxy) is 1. The summed E-state index contributed by atoms with van der Waals surface area (Å²) < 4.78 is 6.97. The van der Waals surface area contributed by atoms with E-state index in [9.17, 15) is 4.79 Å². The molecule has 23 heavy (non-hydrogen) atoms. The van der Waals surface area contributed by atoms with Crippen LogP contribution in [0.15, 0.2) is 11.3 Å². The number of aliphatic imine (C=N–C) groups is 1. The second-order valence-electron chi connectivity index (χ2n) is 5.54. The highest BCUT2D eigenvalue weighted by atomic mass is 16.5. The van der Waals surface area contributed by atoms with Crippen LogP contribution in [0.3, 0.4) is 0 Å². The van der Waals surface area contributed by atoms with Crippen molar-refractivity contribution in [1.29, 1.82) is 0 Å². The van der Waals surface area contributed by atoms with Crippen molar-refractivity contribution >= 4 is 11.9 Å². The molecule has 0 saturated carbocycles. The predicted octanol–water partition coefficient (Wildman–Crippen LogP) is 0.556. The standard InChI is InChI=1S/C15H26N6O2/c1-4-16-15(17-10-13-19-18-11-20(13)3)21-8-6-12(7-9-21)14(22)23-5-2/h11-12H,4-10H2,1-3H3,(H,16,17). The van der Waals surface area contributed by atoms with Crippen molar-refractivity contribution in [3.63, 3.8) is 0 Å². The van der Waals surface area contributed by atoms with Gasteiger partial charge in [-0.15, -0.1) is 10.2 Å². The Bertz CT molecular complexity index is 534. The Morgan fingerprint density at radius 1 is 1.43 bits per heavy atom. The molecule has 8 nitrogen and oxygen atoms in total. The Morgan fingerprint density at radius 2 is 2.17 bits per heavy atom. The van der Waals surface area contributed by atoms with Gasteiger partial charge in [0.2, 0.25) is 0 Å². The van der Waals surface area contributed by atoms with E-state index in [4.69, 9.17) is 4.74 Å². The maximum Gasteiger partial charge on any atom is 0.309 e. The molecule has 0 aliphatic carbocycles. The summed E-state index contributed by atoms with van der Waals surface area (Å²) in [6.45, 7) is 7.22. The molecule has 0 bridgehead atoms. The van der Waals surface area contributed by atoms with Crippen LogP contribution in [0.4, 0.5) is 0 Å². The number of carbonyl (C=O) groups is 1. The normalized spacial score (nSPS) is 16.5. The van der Waals surface area contributed by atoms with Gasteiger partial charge in [-0.3, -0.25) is 4.79 Å². The summed E-state index contributed by atoms with van der Waals surface area (Å²) in [4.78, 5) is 18.6. The van der Waals surface area contributed by atoms with Crippen LogP contribution in [-0.2, 0) is 23.1 Å². The number of piperidine rings is 1. The fourth-order valence-electron chi connectivity index (χ4n) is 2.61. The highest BCUT2D eigenvalue weighted by Gasteiger charge is 2.27. The SMILES string of the molecule is CCNC(=NCc1nncn1C)N1CCC(C(=O)OCC)CC1.